The first-order valence-electron chi connectivity index (χ1n) is 8.19. The van der Waals surface area contributed by atoms with E-state index in [9.17, 15) is 4.79 Å². The number of rotatable bonds is 9. The third-order valence-corrected chi connectivity index (χ3v) is 3.50. The van der Waals surface area contributed by atoms with Gasteiger partial charge in [-0.2, -0.15) is 0 Å². The molecule has 1 aromatic rings. The molecule has 0 atom stereocenters. The first-order chi connectivity index (χ1) is 10.2. The number of anilines is 1. The van der Waals surface area contributed by atoms with Gasteiger partial charge in [-0.25, -0.2) is 0 Å². The lowest BCUT2D eigenvalue weighted by atomic mass is 10.1. The molecule has 1 aromatic carbocycles. The number of hydrogen-bond donors (Lipinski definition) is 0. The third kappa shape index (κ3) is 6.61. The number of para-hydroxylation sites is 1. The summed E-state index contributed by atoms with van der Waals surface area (Å²) in [5.41, 5.74) is 0.980. The van der Waals surface area contributed by atoms with Crippen LogP contribution in [0.25, 0.3) is 0 Å². The number of carbonyl (C=O) groups is 1. The molecule has 0 aliphatic carbocycles. The van der Waals surface area contributed by atoms with Crippen LogP contribution in [0.15, 0.2) is 42.5 Å². The van der Waals surface area contributed by atoms with E-state index in [-0.39, 0.29) is 11.9 Å². The Morgan fingerprint density at radius 2 is 1.81 bits per heavy atom. The fraction of sp³-hybridized carbons (Fsp3) is 0.526. The van der Waals surface area contributed by atoms with Gasteiger partial charge in [0.15, 0.2) is 0 Å². The van der Waals surface area contributed by atoms with Crippen LogP contribution in [0.2, 0.25) is 0 Å². The molecule has 0 fully saturated rings. The molecule has 0 aliphatic rings. The Bertz CT molecular complexity index is 422. The molecule has 0 spiro atoms. The predicted molar refractivity (Wildman–Crippen MR) is 91.6 cm³/mol. The van der Waals surface area contributed by atoms with Gasteiger partial charge in [0.25, 0.3) is 0 Å². The molecule has 21 heavy (non-hydrogen) atoms. The quantitative estimate of drug-likeness (QED) is 0.443. The van der Waals surface area contributed by atoms with Gasteiger partial charge in [0, 0.05) is 18.2 Å². The first kappa shape index (κ1) is 17.5. The van der Waals surface area contributed by atoms with E-state index in [2.05, 4.69) is 26.8 Å². The van der Waals surface area contributed by atoms with E-state index in [4.69, 9.17) is 0 Å². The maximum Gasteiger partial charge on any atom is 0.231 e. The van der Waals surface area contributed by atoms with Crippen molar-refractivity contribution >= 4 is 11.6 Å². The molecule has 0 saturated carbocycles. The summed E-state index contributed by atoms with van der Waals surface area (Å²) in [4.78, 5) is 14.3. The average molecular weight is 287 g/mol. The van der Waals surface area contributed by atoms with Crippen LogP contribution in [0.1, 0.15) is 59.3 Å². The molecule has 0 aliphatic heterocycles. The maximum absolute atomic E-state index is 12.4. The van der Waals surface area contributed by atoms with Gasteiger partial charge in [-0.15, -0.1) is 0 Å². The van der Waals surface area contributed by atoms with Crippen LogP contribution in [-0.2, 0) is 4.79 Å². The highest BCUT2D eigenvalue weighted by molar-refractivity contribution is 5.94. The van der Waals surface area contributed by atoms with Gasteiger partial charge >= 0.3 is 0 Å². The summed E-state index contributed by atoms with van der Waals surface area (Å²) in [6, 6.07) is 10.1. The molecule has 1 rings (SSSR count). The lowest BCUT2D eigenvalue weighted by Crippen LogP contribution is -2.36. The zero-order valence-electron chi connectivity index (χ0n) is 13.7. The van der Waals surface area contributed by atoms with Gasteiger partial charge in [-0.3, -0.25) is 4.79 Å². The van der Waals surface area contributed by atoms with Crippen molar-refractivity contribution in [3.63, 3.8) is 0 Å². The average Bonchev–Trinajstić information content (AvgIpc) is 2.47. The number of hydrogen-bond acceptors (Lipinski definition) is 1. The summed E-state index contributed by atoms with van der Waals surface area (Å²) in [5.74, 6) is 0.168. The number of allylic oxidation sites excluding steroid dienone is 1. The second-order valence-corrected chi connectivity index (χ2v) is 5.72. The first-order valence-corrected chi connectivity index (χ1v) is 8.19. The van der Waals surface area contributed by atoms with Crippen molar-refractivity contribution in [1.82, 2.24) is 0 Å². The zero-order valence-corrected chi connectivity index (χ0v) is 13.7. The molecule has 1 amide bonds. The largest absolute Gasteiger partial charge is 0.310 e. The Balaban J connectivity index is 2.46. The van der Waals surface area contributed by atoms with Crippen molar-refractivity contribution in [2.45, 2.75) is 65.3 Å². The SMILES string of the molecule is CCCCCC/C=C/CC(=O)N(c1ccccc1)C(C)C. The van der Waals surface area contributed by atoms with Crippen LogP contribution in [0.3, 0.4) is 0 Å². The predicted octanol–water partition coefficient (Wildman–Crippen LogP) is 5.34. The van der Waals surface area contributed by atoms with Crippen LogP contribution in [-0.4, -0.2) is 11.9 Å². The second-order valence-electron chi connectivity index (χ2n) is 5.72. The Hall–Kier alpha value is -1.57. The maximum atomic E-state index is 12.4. The van der Waals surface area contributed by atoms with Gasteiger partial charge < -0.3 is 4.90 Å². The van der Waals surface area contributed by atoms with Crippen molar-refractivity contribution in [2.75, 3.05) is 4.90 Å². The van der Waals surface area contributed by atoms with Crippen molar-refractivity contribution < 1.29 is 4.79 Å². The van der Waals surface area contributed by atoms with E-state index in [1.54, 1.807) is 0 Å². The normalized spacial score (nSPS) is 11.2. The standard InChI is InChI=1S/C19H29NO/c1-4-5-6-7-8-9-13-16-19(21)20(17(2)3)18-14-11-10-12-15-18/h9-15,17H,4-8,16H2,1-3H3/b13-9+. The Labute approximate surface area is 129 Å². The van der Waals surface area contributed by atoms with Crippen molar-refractivity contribution in [2.24, 2.45) is 0 Å². The van der Waals surface area contributed by atoms with Crippen molar-refractivity contribution in [3.05, 3.63) is 42.5 Å². The third-order valence-electron chi connectivity index (χ3n) is 3.50. The zero-order chi connectivity index (χ0) is 15.5. The van der Waals surface area contributed by atoms with E-state index in [1.807, 2.05) is 41.3 Å². The minimum atomic E-state index is 0.168. The number of unbranched alkanes of at least 4 members (excludes halogenated alkanes) is 4. The molecule has 116 valence electrons. The molecular weight excluding hydrogens is 258 g/mol. The topological polar surface area (TPSA) is 20.3 Å². The van der Waals surface area contributed by atoms with E-state index < -0.39 is 0 Å². The summed E-state index contributed by atoms with van der Waals surface area (Å²) in [6.07, 6.45) is 10.8. The lowest BCUT2D eigenvalue weighted by Gasteiger charge is -2.26. The summed E-state index contributed by atoms with van der Waals surface area (Å²) < 4.78 is 0. The minimum Gasteiger partial charge on any atom is -0.310 e. The molecule has 0 radical (unpaired) electrons. The number of benzene rings is 1. The van der Waals surface area contributed by atoms with E-state index in [0.29, 0.717) is 6.42 Å². The lowest BCUT2D eigenvalue weighted by molar-refractivity contribution is -0.118. The van der Waals surface area contributed by atoms with Crippen LogP contribution in [0.5, 0.6) is 0 Å². The minimum absolute atomic E-state index is 0.168. The van der Waals surface area contributed by atoms with Gasteiger partial charge in [-0.05, 0) is 38.8 Å². The van der Waals surface area contributed by atoms with Crippen LogP contribution in [0, 0.1) is 0 Å². The van der Waals surface area contributed by atoms with Crippen LogP contribution < -0.4 is 4.90 Å². The number of carbonyl (C=O) groups excluding carboxylic acids is 1. The molecule has 0 heterocycles. The van der Waals surface area contributed by atoms with Gasteiger partial charge in [0.2, 0.25) is 5.91 Å². The molecule has 0 aromatic heterocycles. The fourth-order valence-corrected chi connectivity index (χ4v) is 2.41. The molecule has 0 unspecified atom stereocenters. The molecule has 0 N–H and O–H groups in total. The smallest absolute Gasteiger partial charge is 0.231 e. The van der Waals surface area contributed by atoms with Crippen LogP contribution >= 0.6 is 0 Å². The molecule has 2 heteroatoms. The van der Waals surface area contributed by atoms with E-state index in [1.165, 1.54) is 25.7 Å². The Morgan fingerprint density at radius 1 is 1.10 bits per heavy atom. The fourth-order valence-electron chi connectivity index (χ4n) is 2.41. The monoisotopic (exact) mass is 287 g/mol. The van der Waals surface area contributed by atoms with Gasteiger partial charge in [-0.1, -0.05) is 56.5 Å². The van der Waals surface area contributed by atoms with E-state index >= 15 is 0 Å². The highest BCUT2D eigenvalue weighted by atomic mass is 16.2. The molecule has 0 bridgehead atoms. The summed E-state index contributed by atoms with van der Waals surface area (Å²) in [5, 5.41) is 0. The van der Waals surface area contributed by atoms with Crippen molar-refractivity contribution in [3.8, 4) is 0 Å². The number of nitrogens with zero attached hydrogens (tertiary/aromatic N) is 1. The summed E-state index contributed by atoms with van der Waals surface area (Å²) >= 11 is 0. The Kier molecular flexibility index (Phi) is 8.49. The molecule has 0 saturated heterocycles. The van der Waals surface area contributed by atoms with Gasteiger partial charge in [0.1, 0.15) is 0 Å². The van der Waals surface area contributed by atoms with Gasteiger partial charge in [0.05, 0.1) is 0 Å². The number of amides is 1. The van der Waals surface area contributed by atoms with Crippen LogP contribution in [0.4, 0.5) is 5.69 Å². The Morgan fingerprint density at radius 3 is 2.43 bits per heavy atom. The molecular formula is C19H29NO. The summed E-state index contributed by atoms with van der Waals surface area (Å²) in [6.45, 7) is 6.33. The van der Waals surface area contributed by atoms with Crippen molar-refractivity contribution in [1.29, 1.82) is 0 Å². The molecule has 2 nitrogen and oxygen atoms in total. The summed E-state index contributed by atoms with van der Waals surface area (Å²) in [7, 11) is 0. The highest BCUT2D eigenvalue weighted by Gasteiger charge is 2.17. The van der Waals surface area contributed by atoms with E-state index in [0.717, 1.165) is 12.1 Å². The highest BCUT2D eigenvalue weighted by Crippen LogP contribution is 2.17. The second kappa shape index (κ2) is 10.2.